The molecule has 3 aromatic rings. The van der Waals surface area contributed by atoms with Crippen LogP contribution in [0.4, 0.5) is 0 Å². The Hall–Kier alpha value is -2.69. The molecule has 0 fully saturated rings. The van der Waals surface area contributed by atoms with Gasteiger partial charge in [0.1, 0.15) is 0 Å². The van der Waals surface area contributed by atoms with Crippen molar-refractivity contribution in [2.45, 2.75) is 18.4 Å². The Balaban J connectivity index is 2.09. The van der Waals surface area contributed by atoms with E-state index in [2.05, 4.69) is 4.99 Å². The molecule has 0 saturated heterocycles. The summed E-state index contributed by atoms with van der Waals surface area (Å²) in [5, 5.41) is 0. The lowest BCUT2D eigenvalue weighted by Gasteiger charge is -2.09. The SMILES string of the molecule is CCOCCn1c(=NC(=O)c2ccc(S(C)(=O)=O)cc2)sc2cc(OC)c(OC)cc21. The summed E-state index contributed by atoms with van der Waals surface area (Å²) >= 11 is 1.35. The number of hydrogen-bond acceptors (Lipinski definition) is 7. The molecule has 0 N–H and O–H groups in total. The highest BCUT2D eigenvalue weighted by Gasteiger charge is 2.14. The summed E-state index contributed by atoms with van der Waals surface area (Å²) in [6.07, 6.45) is 1.12. The van der Waals surface area contributed by atoms with Gasteiger partial charge < -0.3 is 18.8 Å². The lowest BCUT2D eigenvalue weighted by atomic mass is 10.2. The van der Waals surface area contributed by atoms with Gasteiger partial charge in [-0.15, -0.1) is 0 Å². The van der Waals surface area contributed by atoms with E-state index in [4.69, 9.17) is 14.2 Å². The first-order valence-electron chi connectivity index (χ1n) is 9.50. The standard InChI is InChI=1S/C21H24N2O6S2/c1-5-29-11-10-23-16-12-17(27-2)18(28-3)13-19(16)30-21(23)22-20(24)14-6-8-15(9-7-14)31(4,25)26/h6-9,12-13H,5,10-11H2,1-4H3. The predicted octanol–water partition coefficient (Wildman–Crippen LogP) is 2.90. The number of fused-ring (bicyclic) bond motifs is 1. The van der Waals surface area contributed by atoms with Crippen molar-refractivity contribution in [2.24, 2.45) is 4.99 Å². The fraction of sp³-hybridized carbons (Fsp3) is 0.333. The summed E-state index contributed by atoms with van der Waals surface area (Å²) in [7, 11) is -0.206. The number of nitrogens with zero attached hydrogens (tertiary/aromatic N) is 2. The average Bonchev–Trinajstić information content (AvgIpc) is 3.08. The number of methoxy groups -OCH3 is 2. The second-order valence-electron chi connectivity index (χ2n) is 6.62. The molecule has 0 spiro atoms. The molecule has 31 heavy (non-hydrogen) atoms. The molecule has 0 atom stereocenters. The molecule has 0 bridgehead atoms. The van der Waals surface area contributed by atoms with Crippen LogP contribution in [0.25, 0.3) is 10.2 Å². The molecular formula is C21H24N2O6S2. The number of benzene rings is 2. The maximum absolute atomic E-state index is 12.8. The van der Waals surface area contributed by atoms with Gasteiger partial charge in [-0.1, -0.05) is 11.3 Å². The largest absolute Gasteiger partial charge is 0.493 e. The van der Waals surface area contributed by atoms with Gasteiger partial charge in [-0.25, -0.2) is 8.42 Å². The van der Waals surface area contributed by atoms with Gasteiger partial charge in [-0.05, 0) is 31.2 Å². The molecule has 3 rings (SSSR count). The first-order chi connectivity index (χ1) is 14.8. The number of carbonyl (C=O) groups excluding carboxylic acids is 1. The number of thiazole rings is 1. The highest BCUT2D eigenvalue weighted by Crippen LogP contribution is 2.33. The summed E-state index contributed by atoms with van der Waals surface area (Å²) < 4.78 is 42.3. The summed E-state index contributed by atoms with van der Waals surface area (Å²) in [5.74, 6) is 0.699. The van der Waals surface area contributed by atoms with E-state index in [9.17, 15) is 13.2 Å². The lowest BCUT2D eigenvalue weighted by Crippen LogP contribution is -2.19. The normalized spacial score (nSPS) is 12.3. The third-order valence-corrected chi connectivity index (χ3v) is 6.75. The minimum atomic E-state index is -3.34. The molecule has 10 heteroatoms. The van der Waals surface area contributed by atoms with E-state index in [1.807, 2.05) is 23.6 Å². The minimum Gasteiger partial charge on any atom is -0.493 e. The van der Waals surface area contributed by atoms with Gasteiger partial charge in [0.05, 0.1) is 35.9 Å². The van der Waals surface area contributed by atoms with Crippen LogP contribution in [-0.4, -0.2) is 52.6 Å². The van der Waals surface area contributed by atoms with Crippen molar-refractivity contribution in [2.75, 3.05) is 33.7 Å². The van der Waals surface area contributed by atoms with Crippen LogP contribution in [-0.2, 0) is 21.1 Å². The number of amides is 1. The zero-order chi connectivity index (χ0) is 22.6. The van der Waals surface area contributed by atoms with Crippen molar-refractivity contribution >= 4 is 37.3 Å². The van der Waals surface area contributed by atoms with E-state index in [0.29, 0.717) is 41.6 Å². The van der Waals surface area contributed by atoms with E-state index in [-0.39, 0.29) is 4.90 Å². The molecule has 0 aliphatic carbocycles. The van der Waals surface area contributed by atoms with Gasteiger partial charge in [0.15, 0.2) is 26.1 Å². The summed E-state index contributed by atoms with van der Waals surface area (Å²) in [4.78, 5) is 17.7. The van der Waals surface area contributed by atoms with Gasteiger partial charge in [0.25, 0.3) is 5.91 Å². The Labute approximate surface area is 184 Å². The van der Waals surface area contributed by atoms with E-state index < -0.39 is 15.7 Å². The Bertz CT molecular complexity index is 1260. The first-order valence-corrected chi connectivity index (χ1v) is 12.2. The molecule has 0 aliphatic rings. The Morgan fingerprint density at radius 2 is 1.74 bits per heavy atom. The molecule has 1 amide bonds. The van der Waals surface area contributed by atoms with Crippen molar-refractivity contribution in [3.05, 3.63) is 46.8 Å². The third kappa shape index (κ3) is 5.15. The zero-order valence-electron chi connectivity index (χ0n) is 17.7. The molecule has 166 valence electrons. The second-order valence-corrected chi connectivity index (χ2v) is 9.65. The van der Waals surface area contributed by atoms with Crippen LogP contribution in [0.15, 0.2) is 46.3 Å². The average molecular weight is 465 g/mol. The molecule has 2 aromatic carbocycles. The van der Waals surface area contributed by atoms with Gasteiger partial charge >= 0.3 is 0 Å². The van der Waals surface area contributed by atoms with Crippen LogP contribution in [0, 0.1) is 0 Å². The van der Waals surface area contributed by atoms with Gasteiger partial charge in [0, 0.05) is 37.1 Å². The number of rotatable bonds is 8. The van der Waals surface area contributed by atoms with Crippen LogP contribution in [0.3, 0.4) is 0 Å². The van der Waals surface area contributed by atoms with Crippen LogP contribution in [0.2, 0.25) is 0 Å². The molecule has 0 radical (unpaired) electrons. The van der Waals surface area contributed by atoms with Crippen molar-refractivity contribution in [1.82, 2.24) is 4.57 Å². The maximum Gasteiger partial charge on any atom is 0.279 e. The summed E-state index contributed by atoms with van der Waals surface area (Å²) in [6, 6.07) is 9.43. The summed E-state index contributed by atoms with van der Waals surface area (Å²) in [6.45, 7) is 3.46. The fourth-order valence-electron chi connectivity index (χ4n) is 2.99. The van der Waals surface area contributed by atoms with E-state index in [1.165, 1.54) is 35.6 Å². The van der Waals surface area contributed by atoms with Gasteiger partial charge in [-0.2, -0.15) is 4.99 Å². The van der Waals surface area contributed by atoms with E-state index in [0.717, 1.165) is 16.5 Å². The van der Waals surface area contributed by atoms with Crippen molar-refractivity contribution in [3.8, 4) is 11.5 Å². The smallest absolute Gasteiger partial charge is 0.279 e. The molecule has 0 aliphatic heterocycles. The maximum atomic E-state index is 12.8. The van der Waals surface area contributed by atoms with Crippen molar-refractivity contribution in [3.63, 3.8) is 0 Å². The van der Waals surface area contributed by atoms with Crippen molar-refractivity contribution in [1.29, 1.82) is 0 Å². The quantitative estimate of drug-likeness (QED) is 0.476. The number of sulfone groups is 1. The lowest BCUT2D eigenvalue weighted by molar-refractivity contribution is 0.0996. The van der Waals surface area contributed by atoms with Gasteiger partial charge in [0.2, 0.25) is 0 Å². The second kappa shape index (κ2) is 9.63. The number of aromatic nitrogens is 1. The Morgan fingerprint density at radius 1 is 1.10 bits per heavy atom. The first kappa shape index (κ1) is 23.0. The number of hydrogen-bond donors (Lipinski definition) is 0. The number of carbonyl (C=O) groups is 1. The molecular weight excluding hydrogens is 440 g/mol. The number of ether oxygens (including phenoxy) is 3. The highest BCUT2D eigenvalue weighted by molar-refractivity contribution is 7.90. The van der Waals surface area contributed by atoms with E-state index in [1.54, 1.807) is 14.2 Å². The van der Waals surface area contributed by atoms with Crippen LogP contribution in [0.1, 0.15) is 17.3 Å². The van der Waals surface area contributed by atoms with Gasteiger partial charge in [-0.3, -0.25) is 4.79 Å². The third-order valence-electron chi connectivity index (χ3n) is 4.58. The van der Waals surface area contributed by atoms with Crippen LogP contribution >= 0.6 is 11.3 Å². The molecule has 8 nitrogen and oxygen atoms in total. The Morgan fingerprint density at radius 3 is 2.32 bits per heavy atom. The Kier molecular flexibility index (Phi) is 7.14. The zero-order valence-corrected chi connectivity index (χ0v) is 19.4. The minimum absolute atomic E-state index is 0.150. The fourth-order valence-corrected chi connectivity index (χ4v) is 4.69. The topological polar surface area (TPSA) is 96.2 Å². The summed E-state index contributed by atoms with van der Waals surface area (Å²) in [5.41, 5.74) is 1.15. The molecule has 1 heterocycles. The monoisotopic (exact) mass is 464 g/mol. The van der Waals surface area contributed by atoms with Crippen molar-refractivity contribution < 1.29 is 27.4 Å². The van der Waals surface area contributed by atoms with Crippen LogP contribution < -0.4 is 14.3 Å². The molecule has 1 aromatic heterocycles. The predicted molar refractivity (Wildman–Crippen MR) is 119 cm³/mol. The highest BCUT2D eigenvalue weighted by atomic mass is 32.2. The van der Waals surface area contributed by atoms with Crippen LogP contribution in [0.5, 0.6) is 11.5 Å². The molecule has 0 unspecified atom stereocenters. The van der Waals surface area contributed by atoms with E-state index >= 15 is 0 Å². The molecule has 0 saturated carbocycles.